The summed E-state index contributed by atoms with van der Waals surface area (Å²) in [5, 5.41) is 6.70. The number of nitrogens with one attached hydrogen (secondary N) is 3. The zero-order chi connectivity index (χ0) is 21.9. The monoisotopic (exact) mass is 465 g/mol. The van der Waals surface area contributed by atoms with E-state index in [4.69, 9.17) is 0 Å². The molecule has 33 heavy (non-hydrogen) atoms. The summed E-state index contributed by atoms with van der Waals surface area (Å²) in [7, 11) is 3.90. The van der Waals surface area contributed by atoms with Gasteiger partial charge in [-0.15, -0.1) is 12.4 Å². The molecule has 0 amide bonds. The van der Waals surface area contributed by atoms with E-state index < -0.39 is 0 Å². The predicted molar refractivity (Wildman–Crippen MR) is 134 cm³/mol. The Morgan fingerprint density at radius 3 is 2.64 bits per heavy atom. The third kappa shape index (κ3) is 5.39. The van der Waals surface area contributed by atoms with Gasteiger partial charge in [-0.05, 0) is 29.8 Å². The number of anilines is 3. The summed E-state index contributed by atoms with van der Waals surface area (Å²) in [4.78, 5) is 25.8. The summed E-state index contributed by atoms with van der Waals surface area (Å²) in [6, 6.07) is 10.2. The Morgan fingerprint density at radius 1 is 1.03 bits per heavy atom. The molecule has 0 bridgehead atoms. The number of fused-ring (bicyclic) bond motifs is 1. The number of halogens is 1. The molecule has 0 atom stereocenters. The third-order valence-corrected chi connectivity index (χ3v) is 5.56. The molecule has 0 aliphatic carbocycles. The maximum atomic E-state index is 4.66. The minimum absolute atomic E-state index is 0. The van der Waals surface area contributed by atoms with Crippen LogP contribution in [0, 0.1) is 0 Å². The van der Waals surface area contributed by atoms with Crippen molar-refractivity contribution in [2.45, 2.75) is 6.54 Å². The highest BCUT2D eigenvalue weighted by molar-refractivity contribution is 5.85. The van der Waals surface area contributed by atoms with Crippen LogP contribution in [0.15, 0.2) is 48.9 Å². The van der Waals surface area contributed by atoms with Gasteiger partial charge in [0.2, 0.25) is 5.95 Å². The first-order valence-corrected chi connectivity index (χ1v) is 10.8. The molecule has 1 saturated heterocycles. The van der Waals surface area contributed by atoms with Crippen LogP contribution in [0.25, 0.3) is 22.3 Å². The molecular weight excluding hydrogens is 438 g/mol. The molecule has 1 fully saturated rings. The number of aromatic nitrogens is 5. The number of pyridine rings is 1. The van der Waals surface area contributed by atoms with Gasteiger partial charge in [-0.3, -0.25) is 9.88 Å². The lowest BCUT2D eigenvalue weighted by atomic mass is 10.1. The van der Waals surface area contributed by atoms with E-state index in [-0.39, 0.29) is 12.4 Å². The van der Waals surface area contributed by atoms with Crippen molar-refractivity contribution in [2.75, 3.05) is 50.5 Å². The molecule has 9 nitrogen and oxygen atoms in total. The zero-order valence-corrected chi connectivity index (χ0v) is 19.6. The van der Waals surface area contributed by atoms with Crippen LogP contribution in [-0.4, -0.2) is 70.1 Å². The number of rotatable bonds is 6. The van der Waals surface area contributed by atoms with Crippen molar-refractivity contribution in [1.82, 2.24) is 35.1 Å². The van der Waals surface area contributed by atoms with E-state index in [0.717, 1.165) is 66.7 Å². The molecule has 0 unspecified atom stereocenters. The molecule has 5 rings (SSSR count). The first kappa shape index (κ1) is 22.9. The van der Waals surface area contributed by atoms with Crippen LogP contribution < -0.4 is 15.5 Å². The highest BCUT2D eigenvalue weighted by Crippen LogP contribution is 2.24. The van der Waals surface area contributed by atoms with E-state index >= 15 is 0 Å². The Labute approximate surface area is 199 Å². The van der Waals surface area contributed by atoms with Crippen molar-refractivity contribution >= 4 is 41.0 Å². The number of aromatic amines is 1. The molecule has 4 aromatic rings. The fourth-order valence-electron chi connectivity index (χ4n) is 3.82. The largest absolute Gasteiger partial charge is 0.361 e. The molecule has 1 aliphatic heterocycles. The Hall–Kier alpha value is -3.27. The van der Waals surface area contributed by atoms with Gasteiger partial charge in [-0.25, -0.2) is 15.0 Å². The molecule has 0 spiro atoms. The van der Waals surface area contributed by atoms with Crippen molar-refractivity contribution in [1.29, 1.82) is 0 Å². The van der Waals surface area contributed by atoms with Crippen molar-refractivity contribution in [3.8, 4) is 11.3 Å². The lowest BCUT2D eigenvalue weighted by Gasteiger charge is -2.27. The maximum absolute atomic E-state index is 4.66. The van der Waals surface area contributed by atoms with E-state index in [2.05, 4.69) is 52.6 Å². The van der Waals surface area contributed by atoms with Crippen LogP contribution in [0.2, 0.25) is 0 Å². The summed E-state index contributed by atoms with van der Waals surface area (Å²) < 4.78 is 0. The average molecular weight is 466 g/mol. The number of benzene rings is 1. The quantitative estimate of drug-likeness (QED) is 0.399. The number of imidazole rings is 1. The Balaban J connectivity index is 0.00000259. The van der Waals surface area contributed by atoms with Crippen molar-refractivity contribution in [3.63, 3.8) is 0 Å². The van der Waals surface area contributed by atoms with Gasteiger partial charge in [-0.2, -0.15) is 0 Å². The second-order valence-electron chi connectivity index (χ2n) is 8.17. The van der Waals surface area contributed by atoms with Crippen LogP contribution in [0.1, 0.15) is 5.56 Å². The fraction of sp³-hybridized carbons (Fsp3) is 0.304. The molecule has 4 heterocycles. The topological polar surface area (TPSA) is 97.9 Å². The Bertz CT molecular complexity index is 1200. The van der Waals surface area contributed by atoms with Gasteiger partial charge in [0.1, 0.15) is 11.6 Å². The minimum Gasteiger partial charge on any atom is -0.361 e. The van der Waals surface area contributed by atoms with E-state index in [0.29, 0.717) is 5.95 Å². The maximum Gasteiger partial charge on any atom is 0.206 e. The second-order valence-corrected chi connectivity index (χ2v) is 8.17. The molecule has 1 aromatic carbocycles. The van der Waals surface area contributed by atoms with Crippen LogP contribution in [-0.2, 0) is 6.54 Å². The van der Waals surface area contributed by atoms with Crippen LogP contribution in [0.3, 0.4) is 0 Å². The Morgan fingerprint density at radius 2 is 1.88 bits per heavy atom. The first-order chi connectivity index (χ1) is 15.6. The SMILES string of the molecule is CN(C)c1cnc(-c2ccc3nc(Nc4cc(CN5CCNCC5)ccn4)[nH]c3c2)cn1.Cl. The summed E-state index contributed by atoms with van der Waals surface area (Å²) in [5.74, 6) is 2.27. The van der Waals surface area contributed by atoms with Gasteiger partial charge in [-0.1, -0.05) is 6.07 Å². The fourth-order valence-corrected chi connectivity index (χ4v) is 3.82. The van der Waals surface area contributed by atoms with Crippen molar-refractivity contribution in [3.05, 3.63) is 54.5 Å². The number of piperazine rings is 1. The lowest BCUT2D eigenvalue weighted by Crippen LogP contribution is -2.42. The number of hydrogen-bond acceptors (Lipinski definition) is 8. The zero-order valence-electron chi connectivity index (χ0n) is 18.7. The van der Waals surface area contributed by atoms with Gasteiger partial charge in [0, 0.05) is 58.6 Å². The smallest absolute Gasteiger partial charge is 0.206 e. The third-order valence-electron chi connectivity index (χ3n) is 5.56. The first-order valence-electron chi connectivity index (χ1n) is 10.8. The van der Waals surface area contributed by atoms with Gasteiger partial charge in [0.15, 0.2) is 0 Å². The lowest BCUT2D eigenvalue weighted by molar-refractivity contribution is 0.233. The predicted octanol–water partition coefficient (Wildman–Crippen LogP) is 3.05. The summed E-state index contributed by atoms with van der Waals surface area (Å²) in [5.41, 5.74) is 4.86. The van der Waals surface area contributed by atoms with Gasteiger partial charge >= 0.3 is 0 Å². The number of H-pyrrole nitrogens is 1. The van der Waals surface area contributed by atoms with Gasteiger partial charge in [0.25, 0.3) is 0 Å². The van der Waals surface area contributed by atoms with E-state index in [9.17, 15) is 0 Å². The van der Waals surface area contributed by atoms with E-state index in [1.54, 1.807) is 12.4 Å². The van der Waals surface area contributed by atoms with Gasteiger partial charge < -0.3 is 20.5 Å². The van der Waals surface area contributed by atoms with Crippen LogP contribution in [0.4, 0.5) is 17.6 Å². The highest BCUT2D eigenvalue weighted by atomic mass is 35.5. The van der Waals surface area contributed by atoms with E-state index in [1.165, 1.54) is 5.56 Å². The van der Waals surface area contributed by atoms with Gasteiger partial charge in [0.05, 0.1) is 29.1 Å². The standard InChI is InChI=1S/C23H27N9.ClH/c1-31(2)22-14-26-20(13-27-22)17-3-4-18-19(12-17)29-23(28-18)30-21-11-16(5-6-25-21)15-32-9-7-24-8-10-32;/h3-6,11-14,24H,7-10,15H2,1-2H3,(H2,25,28,29,30);1H. The minimum atomic E-state index is 0. The molecular formula is C23H28ClN9. The number of hydrogen-bond donors (Lipinski definition) is 3. The van der Waals surface area contributed by atoms with Crippen LogP contribution >= 0.6 is 12.4 Å². The molecule has 10 heteroatoms. The molecule has 1 aliphatic rings. The normalized spacial score (nSPS) is 14.1. The molecule has 0 saturated carbocycles. The summed E-state index contributed by atoms with van der Waals surface area (Å²) in [6.45, 7) is 5.15. The van der Waals surface area contributed by atoms with Crippen molar-refractivity contribution in [2.24, 2.45) is 0 Å². The molecule has 3 N–H and O–H groups in total. The average Bonchev–Trinajstić information content (AvgIpc) is 3.21. The molecule has 3 aromatic heterocycles. The van der Waals surface area contributed by atoms with Crippen LogP contribution in [0.5, 0.6) is 0 Å². The summed E-state index contributed by atoms with van der Waals surface area (Å²) >= 11 is 0. The Kier molecular flexibility index (Phi) is 7.02. The highest BCUT2D eigenvalue weighted by Gasteiger charge is 2.11. The second kappa shape index (κ2) is 10.1. The molecule has 0 radical (unpaired) electrons. The van der Waals surface area contributed by atoms with E-state index in [1.807, 2.05) is 43.4 Å². The number of nitrogens with zero attached hydrogens (tertiary/aromatic N) is 6. The summed E-state index contributed by atoms with van der Waals surface area (Å²) in [6.07, 6.45) is 5.41. The molecule has 172 valence electrons. The van der Waals surface area contributed by atoms with Crippen molar-refractivity contribution < 1.29 is 0 Å².